The molecule has 5 nitrogen and oxygen atoms in total. The van der Waals surface area contributed by atoms with Crippen molar-refractivity contribution in [3.8, 4) is 11.5 Å². The number of benzene rings is 1. The van der Waals surface area contributed by atoms with Crippen LogP contribution in [-0.4, -0.2) is 42.5 Å². The number of nitrogens with zero attached hydrogens (tertiary/aromatic N) is 2. The van der Waals surface area contributed by atoms with E-state index in [2.05, 4.69) is 23.7 Å². The largest absolute Gasteiger partial charge is 0.491 e. The van der Waals surface area contributed by atoms with Crippen molar-refractivity contribution in [2.24, 2.45) is 11.8 Å². The maximum atomic E-state index is 13.0. The summed E-state index contributed by atoms with van der Waals surface area (Å²) < 4.78 is 37.5. The average molecular weight is 459 g/mol. The van der Waals surface area contributed by atoms with Gasteiger partial charge in [0.2, 0.25) is 0 Å². The van der Waals surface area contributed by atoms with Crippen molar-refractivity contribution in [1.82, 2.24) is 4.98 Å². The number of anilines is 1. The van der Waals surface area contributed by atoms with Crippen molar-refractivity contribution >= 4 is 11.6 Å². The van der Waals surface area contributed by atoms with Crippen LogP contribution in [0, 0.1) is 11.8 Å². The van der Waals surface area contributed by atoms with Gasteiger partial charge in [0, 0.05) is 31.7 Å². The van der Waals surface area contributed by atoms with Gasteiger partial charge in [-0.15, -0.1) is 0 Å². The van der Waals surface area contributed by atoms with Crippen LogP contribution in [0.2, 0.25) is 0 Å². The van der Waals surface area contributed by atoms with Gasteiger partial charge in [0.05, 0.1) is 25.3 Å². The third-order valence-electron chi connectivity index (χ3n) is 6.37. The first-order valence-electron chi connectivity index (χ1n) is 11.7. The van der Waals surface area contributed by atoms with Crippen LogP contribution in [-0.2, 0) is 4.79 Å². The van der Waals surface area contributed by atoms with E-state index in [0.717, 1.165) is 30.1 Å². The SMILES string of the molecule is CC(C)CC(=O)C(C)c1ccc(O[C@@H]2CCN(c3ccc(OCC4CC4(F)F)cn3)C2)cc1. The van der Waals surface area contributed by atoms with Gasteiger partial charge in [0.25, 0.3) is 5.92 Å². The Balaban J connectivity index is 1.25. The van der Waals surface area contributed by atoms with Gasteiger partial charge >= 0.3 is 0 Å². The van der Waals surface area contributed by atoms with Gasteiger partial charge in [0.15, 0.2) is 0 Å². The molecule has 3 atom stereocenters. The summed E-state index contributed by atoms with van der Waals surface area (Å²) in [6, 6.07) is 11.5. The first kappa shape index (κ1) is 23.5. The minimum Gasteiger partial charge on any atom is -0.491 e. The summed E-state index contributed by atoms with van der Waals surface area (Å²) >= 11 is 0. The van der Waals surface area contributed by atoms with Crippen LogP contribution in [0.5, 0.6) is 11.5 Å². The second-order valence-corrected chi connectivity index (χ2v) is 9.65. The molecule has 1 aliphatic heterocycles. The van der Waals surface area contributed by atoms with Crippen LogP contribution < -0.4 is 14.4 Å². The molecule has 1 aromatic carbocycles. The smallest absolute Gasteiger partial charge is 0.255 e. The number of carbonyl (C=O) groups excluding carboxylic acids is 1. The molecule has 2 unspecified atom stereocenters. The average Bonchev–Trinajstić information content (AvgIpc) is 3.16. The minimum atomic E-state index is -2.57. The Bertz CT molecular complexity index is 947. The molecule has 2 heterocycles. The summed E-state index contributed by atoms with van der Waals surface area (Å²) in [4.78, 5) is 18.9. The van der Waals surface area contributed by atoms with E-state index in [1.165, 1.54) is 0 Å². The highest BCUT2D eigenvalue weighted by Gasteiger charge is 2.57. The molecule has 2 aliphatic rings. The number of ketones is 1. The number of Topliss-reactive ketones (excluding diaryl/α,β-unsaturated/α-hetero) is 1. The van der Waals surface area contributed by atoms with E-state index in [1.807, 2.05) is 37.3 Å². The number of pyridine rings is 1. The predicted molar refractivity (Wildman–Crippen MR) is 123 cm³/mol. The molecular weight excluding hydrogens is 426 g/mol. The highest BCUT2D eigenvalue weighted by atomic mass is 19.3. The van der Waals surface area contributed by atoms with Crippen LogP contribution in [0.1, 0.15) is 51.5 Å². The first-order valence-corrected chi connectivity index (χ1v) is 11.7. The molecule has 4 rings (SSSR count). The van der Waals surface area contributed by atoms with Gasteiger partial charge in [-0.25, -0.2) is 13.8 Å². The van der Waals surface area contributed by atoms with Crippen LogP contribution in [0.3, 0.4) is 0 Å². The molecule has 0 N–H and O–H groups in total. The van der Waals surface area contributed by atoms with E-state index >= 15 is 0 Å². The topological polar surface area (TPSA) is 51.7 Å². The zero-order valence-corrected chi connectivity index (χ0v) is 19.5. The van der Waals surface area contributed by atoms with E-state index in [0.29, 0.717) is 24.6 Å². The lowest BCUT2D eigenvalue weighted by atomic mass is 9.92. The van der Waals surface area contributed by atoms with Gasteiger partial charge in [-0.05, 0) is 35.7 Å². The van der Waals surface area contributed by atoms with Crippen molar-refractivity contribution in [1.29, 1.82) is 0 Å². The Morgan fingerprint density at radius 2 is 1.85 bits per heavy atom. The van der Waals surface area contributed by atoms with Gasteiger partial charge in [-0.2, -0.15) is 0 Å². The van der Waals surface area contributed by atoms with Gasteiger partial charge in [0.1, 0.15) is 29.2 Å². The van der Waals surface area contributed by atoms with E-state index in [1.54, 1.807) is 12.3 Å². The Morgan fingerprint density at radius 1 is 1.15 bits per heavy atom. The van der Waals surface area contributed by atoms with Crippen LogP contribution in [0.15, 0.2) is 42.6 Å². The van der Waals surface area contributed by atoms with Gasteiger partial charge < -0.3 is 14.4 Å². The standard InChI is InChI=1S/C26H32F2N2O3/c1-17(2)12-24(31)18(3)19-4-6-21(7-5-19)33-23-10-11-30(15-23)25-9-8-22(14-29-25)32-16-20-13-26(20,27)28/h4-9,14,17-18,20,23H,10-13,15-16H2,1-3H3/t18?,20?,23-/m1/s1. The summed E-state index contributed by atoms with van der Waals surface area (Å²) in [5.41, 5.74) is 1.01. The number of hydrogen-bond donors (Lipinski definition) is 0. The number of carbonyl (C=O) groups is 1. The fourth-order valence-electron chi connectivity index (χ4n) is 4.12. The molecule has 1 saturated carbocycles. The number of alkyl halides is 2. The molecule has 1 aromatic heterocycles. The highest BCUT2D eigenvalue weighted by Crippen LogP contribution is 2.48. The fourth-order valence-corrected chi connectivity index (χ4v) is 4.12. The van der Waals surface area contributed by atoms with Crippen LogP contribution >= 0.6 is 0 Å². The number of aromatic nitrogens is 1. The number of rotatable bonds is 10. The quantitative estimate of drug-likeness (QED) is 0.471. The number of halogens is 2. The predicted octanol–water partition coefficient (Wildman–Crippen LogP) is 5.49. The summed E-state index contributed by atoms with van der Waals surface area (Å²) in [5, 5.41) is 0. The molecule has 0 spiro atoms. The lowest BCUT2D eigenvalue weighted by Gasteiger charge is -2.19. The number of ether oxygens (including phenoxy) is 2. The molecule has 0 amide bonds. The molecule has 7 heteroatoms. The van der Waals surface area contributed by atoms with Gasteiger partial charge in [-0.1, -0.05) is 32.9 Å². The molecule has 2 fully saturated rings. The molecular formula is C26H32F2N2O3. The van der Waals surface area contributed by atoms with Crippen molar-refractivity contribution in [2.45, 2.75) is 58.0 Å². The lowest BCUT2D eigenvalue weighted by molar-refractivity contribution is -0.120. The van der Waals surface area contributed by atoms with E-state index in [4.69, 9.17) is 9.47 Å². The van der Waals surface area contributed by atoms with Crippen molar-refractivity contribution in [3.63, 3.8) is 0 Å². The molecule has 2 aromatic rings. The Hall–Kier alpha value is -2.70. The Morgan fingerprint density at radius 3 is 2.45 bits per heavy atom. The number of hydrogen-bond acceptors (Lipinski definition) is 5. The van der Waals surface area contributed by atoms with Crippen molar-refractivity contribution in [2.75, 3.05) is 24.6 Å². The molecule has 0 radical (unpaired) electrons. The van der Waals surface area contributed by atoms with Crippen molar-refractivity contribution < 1.29 is 23.0 Å². The summed E-state index contributed by atoms with van der Waals surface area (Å²) in [6.45, 7) is 7.64. The van der Waals surface area contributed by atoms with Gasteiger partial charge in [-0.3, -0.25) is 4.79 Å². The highest BCUT2D eigenvalue weighted by molar-refractivity contribution is 5.85. The molecule has 1 saturated heterocycles. The third-order valence-corrected chi connectivity index (χ3v) is 6.37. The maximum absolute atomic E-state index is 13.0. The molecule has 178 valence electrons. The molecule has 1 aliphatic carbocycles. The monoisotopic (exact) mass is 458 g/mol. The van der Waals surface area contributed by atoms with Crippen LogP contribution in [0.25, 0.3) is 0 Å². The van der Waals surface area contributed by atoms with Crippen LogP contribution in [0.4, 0.5) is 14.6 Å². The maximum Gasteiger partial charge on any atom is 0.255 e. The Kier molecular flexibility index (Phi) is 6.86. The summed E-state index contributed by atoms with van der Waals surface area (Å²) in [7, 11) is 0. The summed E-state index contributed by atoms with van der Waals surface area (Å²) in [6.07, 6.45) is 3.01. The molecule has 0 bridgehead atoms. The zero-order chi connectivity index (χ0) is 23.6. The second-order valence-electron chi connectivity index (χ2n) is 9.65. The Labute approximate surface area is 194 Å². The fraction of sp³-hybridized carbons (Fsp3) is 0.538. The zero-order valence-electron chi connectivity index (χ0n) is 19.5. The first-order chi connectivity index (χ1) is 15.7. The molecule has 33 heavy (non-hydrogen) atoms. The second kappa shape index (κ2) is 9.65. The minimum absolute atomic E-state index is 0.0249. The van der Waals surface area contributed by atoms with E-state index in [9.17, 15) is 13.6 Å². The van der Waals surface area contributed by atoms with E-state index in [-0.39, 0.29) is 30.8 Å². The lowest BCUT2D eigenvalue weighted by Crippen LogP contribution is -2.25. The van der Waals surface area contributed by atoms with Crippen molar-refractivity contribution in [3.05, 3.63) is 48.2 Å². The summed E-state index contributed by atoms with van der Waals surface area (Å²) in [5.74, 6) is -0.604. The normalized spacial score (nSPS) is 22.3. The third kappa shape index (κ3) is 6.01. The van der Waals surface area contributed by atoms with E-state index < -0.39 is 11.8 Å².